The Morgan fingerprint density at radius 2 is 2.23 bits per heavy atom. The van der Waals surface area contributed by atoms with Gasteiger partial charge in [-0.15, -0.1) is 0 Å². The molecule has 0 rings (SSSR count). The molecular weight excluding hydrogens is 182 g/mol. The van der Waals surface area contributed by atoms with Crippen molar-refractivity contribution >= 4 is 17.7 Å². The number of hydrogen-bond donors (Lipinski definition) is 2. The molecule has 4 heteroatoms. The Kier molecular flexibility index (Phi) is 7.99. The maximum absolute atomic E-state index is 5.63. The molecule has 78 valence electrons. The summed E-state index contributed by atoms with van der Waals surface area (Å²) in [5.74, 6) is 2.35. The van der Waals surface area contributed by atoms with Gasteiger partial charge in [0, 0.05) is 18.8 Å². The molecule has 0 saturated heterocycles. The number of hydrogen-bond acceptors (Lipinski definition) is 2. The van der Waals surface area contributed by atoms with Gasteiger partial charge in [-0.25, -0.2) is 0 Å². The van der Waals surface area contributed by atoms with E-state index >= 15 is 0 Å². The van der Waals surface area contributed by atoms with E-state index in [1.54, 1.807) is 11.8 Å². The minimum atomic E-state index is 0.578. The Morgan fingerprint density at radius 1 is 1.54 bits per heavy atom. The molecule has 0 aliphatic heterocycles. The van der Waals surface area contributed by atoms with Crippen LogP contribution in [0.4, 0.5) is 0 Å². The van der Waals surface area contributed by atoms with Crippen molar-refractivity contribution in [2.75, 3.05) is 25.1 Å². The smallest absolute Gasteiger partial charge is 0.188 e. The Labute approximate surface area is 85.6 Å². The predicted molar refractivity (Wildman–Crippen MR) is 62.3 cm³/mol. The third-order valence-electron chi connectivity index (χ3n) is 1.60. The van der Waals surface area contributed by atoms with Crippen LogP contribution in [0.3, 0.4) is 0 Å². The monoisotopic (exact) mass is 203 g/mol. The molecule has 0 aromatic carbocycles. The lowest BCUT2D eigenvalue weighted by molar-refractivity contribution is 0.596. The van der Waals surface area contributed by atoms with Gasteiger partial charge < -0.3 is 11.1 Å². The summed E-state index contributed by atoms with van der Waals surface area (Å²) in [5, 5.41) is 3.06. The third kappa shape index (κ3) is 9.53. The van der Waals surface area contributed by atoms with Crippen molar-refractivity contribution in [3.05, 3.63) is 0 Å². The largest absolute Gasteiger partial charge is 0.370 e. The first-order valence-electron chi connectivity index (χ1n) is 4.69. The van der Waals surface area contributed by atoms with Gasteiger partial charge in [-0.2, -0.15) is 11.8 Å². The van der Waals surface area contributed by atoms with Crippen LogP contribution < -0.4 is 11.1 Å². The summed E-state index contributed by atoms with van der Waals surface area (Å²) in [6, 6.07) is 0. The minimum absolute atomic E-state index is 0.578. The maximum Gasteiger partial charge on any atom is 0.188 e. The van der Waals surface area contributed by atoms with Gasteiger partial charge in [0.25, 0.3) is 0 Å². The molecule has 13 heavy (non-hydrogen) atoms. The molecule has 3 N–H and O–H groups in total. The average molecular weight is 203 g/mol. The highest BCUT2D eigenvalue weighted by atomic mass is 32.2. The van der Waals surface area contributed by atoms with Crippen molar-refractivity contribution in [2.45, 2.75) is 20.3 Å². The average Bonchev–Trinajstić information content (AvgIpc) is 2.04. The Balaban J connectivity index is 3.39. The van der Waals surface area contributed by atoms with Gasteiger partial charge in [-0.1, -0.05) is 13.8 Å². The number of rotatable bonds is 6. The molecule has 0 heterocycles. The van der Waals surface area contributed by atoms with E-state index in [1.807, 2.05) is 0 Å². The minimum Gasteiger partial charge on any atom is -0.370 e. The van der Waals surface area contributed by atoms with E-state index in [0.717, 1.165) is 25.3 Å². The second kappa shape index (κ2) is 8.23. The lowest BCUT2D eigenvalue weighted by Gasteiger charge is -2.04. The van der Waals surface area contributed by atoms with Crippen LogP contribution >= 0.6 is 11.8 Å². The summed E-state index contributed by atoms with van der Waals surface area (Å²) in [5.41, 5.74) is 5.63. The number of nitrogens with zero attached hydrogens (tertiary/aromatic N) is 1. The van der Waals surface area contributed by atoms with Crippen LogP contribution in [0.2, 0.25) is 0 Å². The van der Waals surface area contributed by atoms with Crippen LogP contribution in [-0.4, -0.2) is 31.1 Å². The van der Waals surface area contributed by atoms with Crippen LogP contribution in [0.1, 0.15) is 20.3 Å². The fraction of sp³-hybridized carbons (Fsp3) is 0.889. The van der Waals surface area contributed by atoms with Crippen molar-refractivity contribution in [3.8, 4) is 0 Å². The van der Waals surface area contributed by atoms with Crippen LogP contribution in [0.25, 0.3) is 0 Å². The van der Waals surface area contributed by atoms with Gasteiger partial charge in [-0.3, -0.25) is 4.99 Å². The lowest BCUT2D eigenvalue weighted by atomic mass is 10.1. The lowest BCUT2D eigenvalue weighted by Crippen LogP contribution is -2.33. The van der Waals surface area contributed by atoms with E-state index in [0.29, 0.717) is 11.9 Å². The Morgan fingerprint density at radius 3 is 2.77 bits per heavy atom. The molecule has 0 spiro atoms. The van der Waals surface area contributed by atoms with Crippen molar-refractivity contribution in [2.24, 2.45) is 16.6 Å². The molecule has 0 saturated carbocycles. The van der Waals surface area contributed by atoms with Crippen LogP contribution in [0.5, 0.6) is 0 Å². The Bertz CT molecular complexity index is 146. The molecule has 0 radical (unpaired) electrons. The summed E-state index contributed by atoms with van der Waals surface area (Å²) in [7, 11) is 0. The van der Waals surface area contributed by atoms with E-state index in [2.05, 4.69) is 30.4 Å². The first-order chi connectivity index (χ1) is 6.16. The standard InChI is InChI=1S/C9H21N3S/c1-8(2)4-5-11-9(10)12-6-7-13-3/h8H,4-7H2,1-3H3,(H3,10,11,12). The topological polar surface area (TPSA) is 50.4 Å². The highest BCUT2D eigenvalue weighted by Crippen LogP contribution is 1.97. The zero-order chi connectivity index (χ0) is 10.1. The highest BCUT2D eigenvalue weighted by Gasteiger charge is 1.93. The summed E-state index contributed by atoms with van der Waals surface area (Å²) in [6.45, 7) is 6.10. The van der Waals surface area contributed by atoms with Crippen LogP contribution in [0, 0.1) is 5.92 Å². The highest BCUT2D eigenvalue weighted by molar-refractivity contribution is 7.98. The van der Waals surface area contributed by atoms with E-state index < -0.39 is 0 Å². The zero-order valence-electron chi connectivity index (χ0n) is 8.84. The second-order valence-corrected chi connectivity index (χ2v) is 4.35. The molecule has 0 aromatic rings. The first kappa shape index (κ1) is 12.6. The molecule has 0 bridgehead atoms. The molecule has 0 aliphatic rings. The van der Waals surface area contributed by atoms with E-state index in [-0.39, 0.29) is 0 Å². The second-order valence-electron chi connectivity index (χ2n) is 3.37. The number of aliphatic imine (C=N–C) groups is 1. The molecule has 0 atom stereocenters. The van der Waals surface area contributed by atoms with Gasteiger partial charge in [0.15, 0.2) is 5.96 Å². The third-order valence-corrected chi connectivity index (χ3v) is 2.21. The number of nitrogens with one attached hydrogen (secondary N) is 1. The SMILES string of the molecule is CSCCNC(N)=NCCC(C)C. The zero-order valence-corrected chi connectivity index (χ0v) is 9.66. The normalized spacial score (nSPS) is 12.2. The molecule has 0 amide bonds. The fourth-order valence-electron chi connectivity index (χ4n) is 0.780. The van der Waals surface area contributed by atoms with Crippen molar-refractivity contribution < 1.29 is 0 Å². The van der Waals surface area contributed by atoms with E-state index in [4.69, 9.17) is 5.73 Å². The summed E-state index contributed by atoms with van der Waals surface area (Å²) in [4.78, 5) is 4.21. The van der Waals surface area contributed by atoms with Gasteiger partial charge in [0.1, 0.15) is 0 Å². The molecule has 3 nitrogen and oxygen atoms in total. The number of thioether (sulfide) groups is 1. The van der Waals surface area contributed by atoms with Crippen molar-refractivity contribution in [1.29, 1.82) is 0 Å². The quantitative estimate of drug-likeness (QED) is 0.389. The van der Waals surface area contributed by atoms with Crippen LogP contribution in [-0.2, 0) is 0 Å². The van der Waals surface area contributed by atoms with E-state index in [9.17, 15) is 0 Å². The summed E-state index contributed by atoms with van der Waals surface area (Å²) < 4.78 is 0. The summed E-state index contributed by atoms with van der Waals surface area (Å²) in [6.07, 6.45) is 3.18. The predicted octanol–water partition coefficient (Wildman–Crippen LogP) is 1.30. The van der Waals surface area contributed by atoms with Gasteiger partial charge in [-0.05, 0) is 18.6 Å². The van der Waals surface area contributed by atoms with Crippen molar-refractivity contribution in [3.63, 3.8) is 0 Å². The maximum atomic E-state index is 5.63. The van der Waals surface area contributed by atoms with Crippen molar-refractivity contribution in [1.82, 2.24) is 5.32 Å². The molecular formula is C9H21N3S. The molecule has 0 unspecified atom stereocenters. The summed E-state index contributed by atoms with van der Waals surface area (Å²) >= 11 is 1.80. The number of nitrogens with two attached hydrogens (primary N) is 1. The Hall–Kier alpha value is -0.380. The fourth-order valence-corrected chi connectivity index (χ4v) is 1.09. The van der Waals surface area contributed by atoms with Gasteiger partial charge in [0.2, 0.25) is 0 Å². The molecule has 0 aliphatic carbocycles. The number of guanidine groups is 1. The van der Waals surface area contributed by atoms with Gasteiger partial charge in [0.05, 0.1) is 0 Å². The van der Waals surface area contributed by atoms with Crippen LogP contribution in [0.15, 0.2) is 4.99 Å². The first-order valence-corrected chi connectivity index (χ1v) is 6.09. The van der Waals surface area contributed by atoms with Gasteiger partial charge >= 0.3 is 0 Å². The molecule has 0 aromatic heterocycles. The molecule has 0 fully saturated rings. The van der Waals surface area contributed by atoms with E-state index in [1.165, 1.54) is 0 Å².